The molecule has 0 radical (unpaired) electrons. The number of hydrogen-bond donors (Lipinski definition) is 0. The Balaban J connectivity index is 1.74. The van der Waals surface area contributed by atoms with Gasteiger partial charge in [-0.25, -0.2) is 0 Å². The van der Waals surface area contributed by atoms with Gasteiger partial charge in [-0.1, -0.05) is 35.9 Å². The summed E-state index contributed by atoms with van der Waals surface area (Å²) in [5.74, 6) is -0.0428. The Morgan fingerprint density at radius 1 is 1.17 bits per heavy atom. The Labute approximate surface area is 147 Å². The van der Waals surface area contributed by atoms with E-state index in [0.717, 1.165) is 11.3 Å². The SMILES string of the molecule is CN(C)c1ccc(C2CN(C(=O)c3ccccc3Cl)CCO2)cc1. The number of carbonyl (C=O) groups excluding carboxylic acids is 1. The molecule has 1 aliphatic heterocycles. The molecule has 1 amide bonds. The van der Waals surface area contributed by atoms with Gasteiger partial charge in [0.25, 0.3) is 5.91 Å². The van der Waals surface area contributed by atoms with E-state index in [2.05, 4.69) is 29.2 Å². The molecule has 0 bridgehead atoms. The van der Waals surface area contributed by atoms with Crippen LogP contribution >= 0.6 is 11.6 Å². The Kier molecular flexibility index (Phi) is 5.07. The molecule has 1 atom stereocenters. The van der Waals surface area contributed by atoms with Crippen LogP contribution in [0.3, 0.4) is 0 Å². The average Bonchev–Trinajstić information content (AvgIpc) is 2.62. The summed E-state index contributed by atoms with van der Waals surface area (Å²) >= 11 is 6.16. The van der Waals surface area contributed by atoms with Gasteiger partial charge in [-0.3, -0.25) is 4.79 Å². The summed E-state index contributed by atoms with van der Waals surface area (Å²) in [7, 11) is 4.02. The first-order valence-electron chi connectivity index (χ1n) is 7.99. The van der Waals surface area contributed by atoms with Crippen molar-refractivity contribution in [2.24, 2.45) is 0 Å². The van der Waals surface area contributed by atoms with Crippen molar-refractivity contribution < 1.29 is 9.53 Å². The fourth-order valence-electron chi connectivity index (χ4n) is 2.83. The van der Waals surface area contributed by atoms with Gasteiger partial charge in [-0.2, -0.15) is 0 Å². The minimum absolute atomic E-state index is 0.0428. The summed E-state index contributed by atoms with van der Waals surface area (Å²) < 4.78 is 5.87. The first-order valence-corrected chi connectivity index (χ1v) is 8.37. The van der Waals surface area contributed by atoms with E-state index in [1.807, 2.05) is 31.1 Å². The number of ether oxygens (including phenoxy) is 1. The van der Waals surface area contributed by atoms with Crippen LogP contribution in [0.25, 0.3) is 0 Å². The zero-order valence-electron chi connectivity index (χ0n) is 13.9. The van der Waals surface area contributed by atoms with Gasteiger partial charge in [0.1, 0.15) is 6.10 Å². The third kappa shape index (κ3) is 3.55. The van der Waals surface area contributed by atoms with E-state index in [9.17, 15) is 4.79 Å². The zero-order chi connectivity index (χ0) is 17.1. The van der Waals surface area contributed by atoms with E-state index >= 15 is 0 Å². The molecule has 1 heterocycles. The molecular formula is C19H21ClN2O2. The van der Waals surface area contributed by atoms with Crippen molar-refractivity contribution in [2.75, 3.05) is 38.7 Å². The minimum Gasteiger partial charge on any atom is -0.378 e. The highest BCUT2D eigenvalue weighted by atomic mass is 35.5. The van der Waals surface area contributed by atoms with Crippen LogP contribution in [0.15, 0.2) is 48.5 Å². The maximum Gasteiger partial charge on any atom is 0.255 e. The molecular weight excluding hydrogens is 324 g/mol. The van der Waals surface area contributed by atoms with E-state index in [0.29, 0.717) is 30.3 Å². The Bertz CT molecular complexity index is 716. The van der Waals surface area contributed by atoms with Crippen LogP contribution in [0.4, 0.5) is 5.69 Å². The predicted molar refractivity (Wildman–Crippen MR) is 96.8 cm³/mol. The maximum absolute atomic E-state index is 12.7. The fourth-order valence-corrected chi connectivity index (χ4v) is 3.04. The predicted octanol–water partition coefficient (Wildman–Crippen LogP) is 3.62. The summed E-state index contributed by atoms with van der Waals surface area (Å²) in [5.41, 5.74) is 2.76. The van der Waals surface area contributed by atoms with Crippen LogP contribution in [0, 0.1) is 0 Å². The van der Waals surface area contributed by atoms with Crippen molar-refractivity contribution in [3.05, 3.63) is 64.7 Å². The minimum atomic E-state index is -0.110. The standard InChI is InChI=1S/C19H21ClN2O2/c1-21(2)15-9-7-14(8-10-15)18-13-22(11-12-24-18)19(23)16-5-3-4-6-17(16)20/h3-10,18H,11-13H2,1-2H3. The Morgan fingerprint density at radius 3 is 2.54 bits per heavy atom. The number of nitrogens with zero attached hydrogens (tertiary/aromatic N) is 2. The molecule has 0 aromatic heterocycles. The highest BCUT2D eigenvalue weighted by Crippen LogP contribution is 2.26. The number of rotatable bonds is 3. The van der Waals surface area contributed by atoms with Gasteiger partial charge >= 0.3 is 0 Å². The third-order valence-electron chi connectivity index (χ3n) is 4.24. The summed E-state index contributed by atoms with van der Waals surface area (Å²) in [6.45, 7) is 1.64. The van der Waals surface area contributed by atoms with E-state index in [4.69, 9.17) is 16.3 Å². The Morgan fingerprint density at radius 2 is 1.88 bits per heavy atom. The molecule has 126 valence electrons. The monoisotopic (exact) mass is 344 g/mol. The number of hydrogen-bond acceptors (Lipinski definition) is 3. The fraction of sp³-hybridized carbons (Fsp3) is 0.316. The van der Waals surface area contributed by atoms with Crippen LogP contribution in [-0.2, 0) is 4.74 Å². The molecule has 5 heteroatoms. The van der Waals surface area contributed by atoms with Gasteiger partial charge in [-0.05, 0) is 29.8 Å². The van der Waals surface area contributed by atoms with Crippen LogP contribution in [0.1, 0.15) is 22.0 Å². The van der Waals surface area contributed by atoms with E-state index in [-0.39, 0.29) is 12.0 Å². The molecule has 2 aromatic rings. The van der Waals surface area contributed by atoms with Gasteiger partial charge in [-0.15, -0.1) is 0 Å². The Hall–Kier alpha value is -2.04. The van der Waals surface area contributed by atoms with Crippen molar-refractivity contribution in [3.63, 3.8) is 0 Å². The molecule has 1 saturated heterocycles. The molecule has 1 unspecified atom stereocenters. The van der Waals surface area contributed by atoms with E-state index in [1.165, 1.54) is 0 Å². The quantitative estimate of drug-likeness (QED) is 0.852. The molecule has 1 fully saturated rings. The third-order valence-corrected chi connectivity index (χ3v) is 4.57. The number of morpholine rings is 1. The summed E-state index contributed by atoms with van der Waals surface area (Å²) in [6.07, 6.45) is -0.110. The summed E-state index contributed by atoms with van der Waals surface area (Å²) in [4.78, 5) is 16.6. The van der Waals surface area contributed by atoms with Crippen molar-refractivity contribution >= 4 is 23.2 Å². The average molecular weight is 345 g/mol. The van der Waals surface area contributed by atoms with Crippen LogP contribution in [0.2, 0.25) is 5.02 Å². The molecule has 3 rings (SSSR count). The van der Waals surface area contributed by atoms with Gasteiger partial charge in [0.05, 0.1) is 23.7 Å². The smallest absolute Gasteiger partial charge is 0.255 e. The zero-order valence-corrected chi connectivity index (χ0v) is 14.7. The largest absolute Gasteiger partial charge is 0.378 e. The molecule has 4 nitrogen and oxygen atoms in total. The topological polar surface area (TPSA) is 32.8 Å². The second kappa shape index (κ2) is 7.24. The van der Waals surface area contributed by atoms with Crippen LogP contribution in [-0.4, -0.2) is 44.6 Å². The summed E-state index contributed by atoms with van der Waals surface area (Å²) in [6, 6.07) is 15.4. The maximum atomic E-state index is 12.7. The molecule has 0 saturated carbocycles. The van der Waals surface area contributed by atoms with Crippen LogP contribution < -0.4 is 4.90 Å². The number of amides is 1. The van der Waals surface area contributed by atoms with Gasteiger partial charge in [0, 0.05) is 26.3 Å². The number of carbonyl (C=O) groups is 1. The lowest BCUT2D eigenvalue weighted by atomic mass is 10.1. The highest BCUT2D eigenvalue weighted by molar-refractivity contribution is 6.33. The first-order chi connectivity index (χ1) is 11.6. The molecule has 24 heavy (non-hydrogen) atoms. The molecule has 2 aromatic carbocycles. The highest BCUT2D eigenvalue weighted by Gasteiger charge is 2.27. The molecule has 0 spiro atoms. The van der Waals surface area contributed by atoms with Gasteiger partial charge < -0.3 is 14.5 Å². The van der Waals surface area contributed by atoms with E-state index < -0.39 is 0 Å². The van der Waals surface area contributed by atoms with Gasteiger partial charge in [0.2, 0.25) is 0 Å². The van der Waals surface area contributed by atoms with Crippen LogP contribution in [0.5, 0.6) is 0 Å². The number of benzene rings is 2. The molecule has 0 aliphatic carbocycles. The second-order valence-corrected chi connectivity index (χ2v) is 6.48. The number of anilines is 1. The normalized spacial score (nSPS) is 17.6. The number of halogens is 1. The lowest BCUT2D eigenvalue weighted by Gasteiger charge is -2.33. The van der Waals surface area contributed by atoms with Crippen molar-refractivity contribution in [1.29, 1.82) is 0 Å². The molecule has 0 N–H and O–H groups in total. The molecule has 1 aliphatic rings. The van der Waals surface area contributed by atoms with Crippen molar-refractivity contribution in [1.82, 2.24) is 4.90 Å². The lowest BCUT2D eigenvalue weighted by Crippen LogP contribution is -2.42. The van der Waals surface area contributed by atoms with Gasteiger partial charge in [0.15, 0.2) is 0 Å². The van der Waals surface area contributed by atoms with Crippen molar-refractivity contribution in [3.8, 4) is 0 Å². The van der Waals surface area contributed by atoms with Crippen molar-refractivity contribution in [2.45, 2.75) is 6.10 Å². The lowest BCUT2D eigenvalue weighted by molar-refractivity contribution is -0.0228. The first kappa shape index (κ1) is 16.8. The summed E-state index contributed by atoms with van der Waals surface area (Å²) in [5, 5.41) is 0.487. The second-order valence-electron chi connectivity index (χ2n) is 6.08. The van der Waals surface area contributed by atoms with E-state index in [1.54, 1.807) is 12.1 Å².